The maximum Gasteiger partial charge on any atom is 0.191 e. The largest absolute Gasteiger partial charge is 0.491 e. The third-order valence-electron chi connectivity index (χ3n) is 3.75. The van der Waals surface area contributed by atoms with Crippen molar-refractivity contribution in [1.29, 1.82) is 0 Å². The minimum atomic E-state index is 0. The van der Waals surface area contributed by atoms with Crippen LogP contribution in [0.15, 0.2) is 29.3 Å². The van der Waals surface area contributed by atoms with E-state index >= 15 is 0 Å². The molecule has 0 radical (unpaired) electrons. The van der Waals surface area contributed by atoms with Crippen LogP contribution in [-0.4, -0.2) is 43.2 Å². The van der Waals surface area contributed by atoms with Crippen LogP contribution in [0.5, 0.6) is 5.75 Å². The Balaban J connectivity index is 0.00000288. The number of nitrogens with zero attached hydrogens (tertiary/aromatic N) is 1. The zero-order valence-electron chi connectivity index (χ0n) is 14.9. The third-order valence-corrected chi connectivity index (χ3v) is 5.14. The average molecular weight is 463 g/mol. The molecule has 1 heterocycles. The van der Waals surface area contributed by atoms with Crippen LogP contribution < -0.4 is 15.4 Å². The van der Waals surface area contributed by atoms with E-state index in [0.717, 1.165) is 36.5 Å². The highest BCUT2D eigenvalue weighted by atomic mass is 127. The van der Waals surface area contributed by atoms with E-state index in [1.807, 2.05) is 33.0 Å². The van der Waals surface area contributed by atoms with Gasteiger partial charge in [-0.05, 0) is 56.6 Å². The Morgan fingerprint density at radius 3 is 2.62 bits per heavy atom. The molecular formula is C18H30IN3OS. The first-order valence-electron chi connectivity index (χ1n) is 8.49. The molecule has 1 aromatic carbocycles. The van der Waals surface area contributed by atoms with Crippen LogP contribution in [0.3, 0.4) is 0 Å². The Bertz CT molecular complexity index is 488. The van der Waals surface area contributed by atoms with Gasteiger partial charge in [-0.1, -0.05) is 12.1 Å². The van der Waals surface area contributed by atoms with Gasteiger partial charge in [0.05, 0.1) is 6.10 Å². The van der Waals surface area contributed by atoms with Gasteiger partial charge in [-0.3, -0.25) is 4.99 Å². The van der Waals surface area contributed by atoms with Crippen LogP contribution in [-0.2, 0) is 6.42 Å². The summed E-state index contributed by atoms with van der Waals surface area (Å²) in [6.45, 7) is 5.97. The van der Waals surface area contributed by atoms with Crippen LogP contribution in [0.2, 0.25) is 0 Å². The maximum atomic E-state index is 5.66. The Labute approximate surface area is 167 Å². The van der Waals surface area contributed by atoms with E-state index in [4.69, 9.17) is 4.74 Å². The van der Waals surface area contributed by atoms with E-state index in [9.17, 15) is 0 Å². The van der Waals surface area contributed by atoms with Crippen LogP contribution in [0.4, 0.5) is 0 Å². The number of ether oxygens (including phenoxy) is 1. The predicted molar refractivity (Wildman–Crippen MR) is 116 cm³/mol. The van der Waals surface area contributed by atoms with E-state index in [1.165, 1.54) is 24.2 Å². The fourth-order valence-electron chi connectivity index (χ4n) is 2.57. The van der Waals surface area contributed by atoms with Crippen molar-refractivity contribution in [2.24, 2.45) is 4.99 Å². The van der Waals surface area contributed by atoms with Crippen LogP contribution in [0, 0.1) is 0 Å². The predicted octanol–water partition coefficient (Wildman–Crippen LogP) is 3.69. The molecule has 24 heavy (non-hydrogen) atoms. The number of aliphatic imine (C=N–C) groups is 1. The van der Waals surface area contributed by atoms with E-state index in [0.29, 0.717) is 0 Å². The van der Waals surface area contributed by atoms with Gasteiger partial charge in [0.1, 0.15) is 5.75 Å². The van der Waals surface area contributed by atoms with Crippen molar-refractivity contribution in [3.63, 3.8) is 0 Å². The van der Waals surface area contributed by atoms with Gasteiger partial charge in [0.25, 0.3) is 0 Å². The summed E-state index contributed by atoms with van der Waals surface area (Å²) in [5.74, 6) is 3.13. The number of halogens is 1. The SMILES string of the molecule is CN=C(NCCc1ccc(OC(C)C)cc1)NCC1CCCS1.I. The normalized spacial score (nSPS) is 17.5. The highest BCUT2D eigenvalue weighted by Gasteiger charge is 2.15. The van der Waals surface area contributed by atoms with E-state index < -0.39 is 0 Å². The Morgan fingerprint density at radius 1 is 1.29 bits per heavy atom. The second kappa shape index (κ2) is 11.8. The van der Waals surface area contributed by atoms with Crippen molar-refractivity contribution in [2.75, 3.05) is 25.9 Å². The molecule has 1 aromatic rings. The molecule has 2 rings (SSSR count). The van der Waals surface area contributed by atoms with Gasteiger partial charge in [0.2, 0.25) is 0 Å². The molecule has 0 amide bonds. The molecule has 0 spiro atoms. The first kappa shape index (κ1) is 21.4. The van der Waals surface area contributed by atoms with E-state index in [-0.39, 0.29) is 30.1 Å². The molecule has 1 saturated heterocycles. The number of hydrogen-bond donors (Lipinski definition) is 2. The lowest BCUT2D eigenvalue weighted by atomic mass is 10.1. The summed E-state index contributed by atoms with van der Waals surface area (Å²) >= 11 is 2.06. The molecular weight excluding hydrogens is 433 g/mol. The molecule has 0 aromatic heterocycles. The number of nitrogens with one attached hydrogen (secondary N) is 2. The van der Waals surface area contributed by atoms with Gasteiger partial charge in [0, 0.05) is 25.4 Å². The zero-order valence-corrected chi connectivity index (χ0v) is 18.0. The Morgan fingerprint density at radius 2 is 2.04 bits per heavy atom. The molecule has 1 atom stereocenters. The summed E-state index contributed by atoms with van der Waals surface area (Å²) in [5.41, 5.74) is 1.30. The number of thioether (sulfide) groups is 1. The van der Waals surface area contributed by atoms with Crippen LogP contribution >= 0.6 is 35.7 Å². The molecule has 6 heteroatoms. The van der Waals surface area contributed by atoms with Gasteiger partial charge < -0.3 is 15.4 Å². The number of hydrogen-bond acceptors (Lipinski definition) is 3. The summed E-state index contributed by atoms with van der Waals surface area (Å²) in [4.78, 5) is 4.29. The summed E-state index contributed by atoms with van der Waals surface area (Å²) < 4.78 is 5.66. The molecule has 1 aliphatic rings. The van der Waals surface area contributed by atoms with Crippen LogP contribution in [0.25, 0.3) is 0 Å². The van der Waals surface area contributed by atoms with Gasteiger partial charge in [-0.2, -0.15) is 11.8 Å². The van der Waals surface area contributed by atoms with Crippen molar-refractivity contribution in [3.8, 4) is 5.75 Å². The minimum absolute atomic E-state index is 0. The van der Waals surface area contributed by atoms with Crippen LogP contribution in [0.1, 0.15) is 32.3 Å². The van der Waals surface area contributed by atoms with Gasteiger partial charge in [-0.25, -0.2) is 0 Å². The molecule has 1 unspecified atom stereocenters. The molecule has 0 saturated carbocycles. The highest BCUT2D eigenvalue weighted by molar-refractivity contribution is 14.0. The second-order valence-electron chi connectivity index (χ2n) is 6.08. The van der Waals surface area contributed by atoms with Gasteiger partial charge >= 0.3 is 0 Å². The summed E-state index contributed by atoms with van der Waals surface area (Å²) in [7, 11) is 1.83. The van der Waals surface area contributed by atoms with Crippen molar-refractivity contribution < 1.29 is 4.74 Å². The number of rotatable bonds is 7. The quantitative estimate of drug-likeness (QED) is 0.368. The lowest BCUT2D eigenvalue weighted by molar-refractivity contribution is 0.242. The monoisotopic (exact) mass is 463 g/mol. The minimum Gasteiger partial charge on any atom is -0.491 e. The molecule has 0 bridgehead atoms. The average Bonchev–Trinajstić information content (AvgIpc) is 3.05. The maximum absolute atomic E-state index is 5.66. The molecule has 0 aliphatic carbocycles. The van der Waals surface area contributed by atoms with E-state index in [2.05, 4.69) is 39.5 Å². The first-order chi connectivity index (χ1) is 11.2. The standard InChI is InChI=1S/C18H29N3OS.HI/c1-14(2)22-16-8-6-15(7-9-16)10-11-20-18(19-3)21-13-17-5-4-12-23-17;/h6-9,14,17H,4-5,10-13H2,1-3H3,(H2,19,20,21);1H. The third kappa shape index (κ3) is 7.96. The topological polar surface area (TPSA) is 45.7 Å². The molecule has 2 N–H and O–H groups in total. The lowest BCUT2D eigenvalue weighted by Crippen LogP contribution is -2.40. The lowest BCUT2D eigenvalue weighted by Gasteiger charge is -2.15. The number of benzene rings is 1. The molecule has 1 fully saturated rings. The van der Waals surface area contributed by atoms with Crippen molar-refractivity contribution >= 4 is 41.7 Å². The van der Waals surface area contributed by atoms with Gasteiger partial charge in [0.15, 0.2) is 5.96 Å². The summed E-state index contributed by atoms with van der Waals surface area (Å²) in [6.07, 6.45) is 3.86. The van der Waals surface area contributed by atoms with Crippen molar-refractivity contribution in [3.05, 3.63) is 29.8 Å². The summed E-state index contributed by atoms with van der Waals surface area (Å²) in [6, 6.07) is 8.34. The van der Waals surface area contributed by atoms with Gasteiger partial charge in [-0.15, -0.1) is 24.0 Å². The van der Waals surface area contributed by atoms with E-state index in [1.54, 1.807) is 0 Å². The highest BCUT2D eigenvalue weighted by Crippen LogP contribution is 2.25. The fraction of sp³-hybridized carbons (Fsp3) is 0.611. The Hall–Kier alpha value is -0.630. The fourth-order valence-corrected chi connectivity index (χ4v) is 3.77. The number of guanidine groups is 1. The van der Waals surface area contributed by atoms with Crippen molar-refractivity contribution in [1.82, 2.24) is 10.6 Å². The summed E-state index contributed by atoms with van der Waals surface area (Å²) in [5, 5.41) is 7.55. The first-order valence-corrected chi connectivity index (χ1v) is 9.54. The zero-order chi connectivity index (χ0) is 16.5. The second-order valence-corrected chi connectivity index (χ2v) is 7.48. The smallest absolute Gasteiger partial charge is 0.191 e. The molecule has 1 aliphatic heterocycles. The Kier molecular flexibility index (Phi) is 10.6. The molecule has 136 valence electrons. The molecule has 4 nitrogen and oxygen atoms in total. The van der Waals surface area contributed by atoms with Crippen molar-refractivity contribution in [2.45, 2.75) is 44.5 Å².